The summed E-state index contributed by atoms with van der Waals surface area (Å²) >= 11 is 0. The fourth-order valence-corrected chi connectivity index (χ4v) is 4.53. The number of anilines is 1. The summed E-state index contributed by atoms with van der Waals surface area (Å²) in [7, 11) is -3.95. The molecule has 0 spiro atoms. The standard InChI is InChI=1S/C15H21N3O4S/c16-23(21,22)12-7-8-14(15(10-12)18(19)20)17-9-3-6-13(17)11-4-1-2-5-11/h7-8,10-11,13H,1-6,9H2,(H2,16,21,22). The molecule has 0 aromatic heterocycles. The van der Waals surface area contributed by atoms with Crippen molar-refractivity contribution in [3.05, 3.63) is 28.3 Å². The molecule has 7 nitrogen and oxygen atoms in total. The zero-order valence-electron chi connectivity index (χ0n) is 12.8. The number of benzene rings is 1. The third-order valence-electron chi connectivity index (χ3n) is 5.02. The second kappa shape index (κ2) is 6.09. The number of nitro groups is 1. The second-order valence-corrected chi connectivity index (χ2v) is 7.96. The van der Waals surface area contributed by atoms with Gasteiger partial charge in [-0.1, -0.05) is 12.8 Å². The van der Waals surface area contributed by atoms with Crippen molar-refractivity contribution in [3.63, 3.8) is 0 Å². The van der Waals surface area contributed by atoms with E-state index >= 15 is 0 Å². The molecule has 1 aliphatic heterocycles. The molecule has 1 aromatic rings. The molecular weight excluding hydrogens is 318 g/mol. The Morgan fingerprint density at radius 1 is 1.17 bits per heavy atom. The predicted molar refractivity (Wildman–Crippen MR) is 86.8 cm³/mol. The third kappa shape index (κ3) is 3.18. The van der Waals surface area contributed by atoms with E-state index in [2.05, 4.69) is 4.90 Å². The van der Waals surface area contributed by atoms with Gasteiger partial charge in [0.25, 0.3) is 5.69 Å². The normalized spacial score (nSPS) is 22.7. The number of hydrogen-bond acceptors (Lipinski definition) is 5. The molecule has 1 aromatic carbocycles. The van der Waals surface area contributed by atoms with Crippen molar-refractivity contribution in [1.82, 2.24) is 0 Å². The number of nitrogens with zero attached hydrogens (tertiary/aromatic N) is 2. The summed E-state index contributed by atoms with van der Waals surface area (Å²) in [5, 5.41) is 16.5. The van der Waals surface area contributed by atoms with E-state index in [-0.39, 0.29) is 10.6 Å². The predicted octanol–water partition coefficient (Wildman–Crippen LogP) is 2.40. The van der Waals surface area contributed by atoms with Gasteiger partial charge in [0.05, 0.1) is 9.82 Å². The molecule has 2 fully saturated rings. The molecule has 1 aliphatic carbocycles. The molecule has 1 saturated carbocycles. The average Bonchev–Trinajstić information content (AvgIpc) is 3.16. The highest BCUT2D eigenvalue weighted by Gasteiger charge is 2.36. The summed E-state index contributed by atoms with van der Waals surface area (Å²) in [6.07, 6.45) is 6.84. The Morgan fingerprint density at radius 2 is 1.87 bits per heavy atom. The molecule has 0 radical (unpaired) electrons. The van der Waals surface area contributed by atoms with E-state index in [4.69, 9.17) is 5.14 Å². The van der Waals surface area contributed by atoms with Crippen LogP contribution in [0.3, 0.4) is 0 Å². The van der Waals surface area contributed by atoms with E-state index in [1.807, 2.05) is 0 Å². The van der Waals surface area contributed by atoms with Gasteiger partial charge in [0.1, 0.15) is 5.69 Å². The van der Waals surface area contributed by atoms with Crippen molar-refractivity contribution in [1.29, 1.82) is 0 Å². The molecule has 2 aliphatic rings. The van der Waals surface area contributed by atoms with Crippen molar-refractivity contribution >= 4 is 21.4 Å². The summed E-state index contributed by atoms with van der Waals surface area (Å²) in [5.74, 6) is 0.579. The number of primary sulfonamides is 1. The smallest absolute Gasteiger partial charge is 0.293 e. The SMILES string of the molecule is NS(=O)(=O)c1ccc(N2CCCC2C2CCCC2)c([N+](=O)[O-])c1. The minimum absolute atomic E-state index is 0.179. The van der Waals surface area contributed by atoms with Crippen molar-refractivity contribution < 1.29 is 13.3 Å². The van der Waals surface area contributed by atoms with Crippen LogP contribution in [0.15, 0.2) is 23.1 Å². The lowest BCUT2D eigenvalue weighted by atomic mass is 9.95. The van der Waals surface area contributed by atoms with Gasteiger partial charge in [0.15, 0.2) is 0 Å². The zero-order valence-corrected chi connectivity index (χ0v) is 13.7. The van der Waals surface area contributed by atoms with Crippen LogP contribution in [0, 0.1) is 16.0 Å². The monoisotopic (exact) mass is 339 g/mol. The molecule has 1 unspecified atom stereocenters. The molecule has 23 heavy (non-hydrogen) atoms. The van der Waals surface area contributed by atoms with Crippen LogP contribution in [0.2, 0.25) is 0 Å². The minimum Gasteiger partial charge on any atom is -0.363 e. The molecule has 0 bridgehead atoms. The van der Waals surface area contributed by atoms with Gasteiger partial charge in [-0.25, -0.2) is 13.6 Å². The molecular formula is C15H21N3O4S. The third-order valence-corrected chi connectivity index (χ3v) is 5.94. The lowest BCUT2D eigenvalue weighted by molar-refractivity contribution is -0.384. The number of rotatable bonds is 4. The van der Waals surface area contributed by atoms with Crippen molar-refractivity contribution in [2.45, 2.75) is 49.5 Å². The highest BCUT2D eigenvalue weighted by atomic mass is 32.2. The Balaban J connectivity index is 1.99. The maximum atomic E-state index is 11.5. The first-order chi connectivity index (χ1) is 10.9. The molecule has 1 atom stereocenters. The van der Waals surface area contributed by atoms with Gasteiger partial charge in [0.2, 0.25) is 10.0 Å². The Kier molecular flexibility index (Phi) is 4.29. The lowest BCUT2D eigenvalue weighted by Crippen LogP contribution is -2.35. The fourth-order valence-electron chi connectivity index (χ4n) is 3.99. The molecule has 126 valence electrons. The van der Waals surface area contributed by atoms with E-state index in [0.29, 0.717) is 17.6 Å². The fraction of sp³-hybridized carbons (Fsp3) is 0.600. The molecule has 2 N–H and O–H groups in total. The van der Waals surface area contributed by atoms with Gasteiger partial charge in [0, 0.05) is 18.7 Å². The van der Waals surface area contributed by atoms with Gasteiger partial charge in [-0.15, -0.1) is 0 Å². The number of nitrogens with two attached hydrogens (primary N) is 1. The Hall–Kier alpha value is -1.67. The highest BCUT2D eigenvalue weighted by Crippen LogP contribution is 2.41. The van der Waals surface area contributed by atoms with Gasteiger partial charge in [-0.2, -0.15) is 0 Å². The van der Waals surface area contributed by atoms with Crippen LogP contribution in [0.25, 0.3) is 0 Å². The molecule has 8 heteroatoms. The summed E-state index contributed by atoms with van der Waals surface area (Å²) in [6.45, 7) is 0.775. The van der Waals surface area contributed by atoms with Crippen molar-refractivity contribution in [2.24, 2.45) is 11.1 Å². The van der Waals surface area contributed by atoms with Crippen molar-refractivity contribution in [2.75, 3.05) is 11.4 Å². The first-order valence-electron chi connectivity index (χ1n) is 7.96. The van der Waals surface area contributed by atoms with E-state index in [0.717, 1.165) is 25.5 Å². The van der Waals surface area contributed by atoms with Crippen LogP contribution in [-0.4, -0.2) is 25.9 Å². The second-order valence-electron chi connectivity index (χ2n) is 6.40. The minimum atomic E-state index is -3.95. The summed E-state index contributed by atoms with van der Waals surface area (Å²) in [4.78, 5) is 12.8. The van der Waals surface area contributed by atoms with E-state index in [9.17, 15) is 18.5 Å². The van der Waals surface area contributed by atoms with Gasteiger partial charge in [-0.05, 0) is 43.7 Å². The van der Waals surface area contributed by atoms with Crippen LogP contribution in [0.1, 0.15) is 38.5 Å². The summed E-state index contributed by atoms with van der Waals surface area (Å²) in [6, 6.07) is 4.29. The first-order valence-corrected chi connectivity index (χ1v) is 9.50. The van der Waals surface area contributed by atoms with Crippen LogP contribution in [-0.2, 0) is 10.0 Å². The zero-order chi connectivity index (χ0) is 16.6. The first kappa shape index (κ1) is 16.2. The van der Waals surface area contributed by atoms with Gasteiger partial charge < -0.3 is 4.90 Å². The number of sulfonamides is 1. The molecule has 3 rings (SSSR count). The highest BCUT2D eigenvalue weighted by molar-refractivity contribution is 7.89. The maximum absolute atomic E-state index is 11.5. The number of hydrogen-bond donors (Lipinski definition) is 1. The van der Waals surface area contributed by atoms with E-state index < -0.39 is 14.9 Å². The van der Waals surface area contributed by atoms with Gasteiger partial charge in [-0.3, -0.25) is 10.1 Å². The van der Waals surface area contributed by atoms with Crippen molar-refractivity contribution in [3.8, 4) is 0 Å². The van der Waals surface area contributed by atoms with Gasteiger partial charge >= 0.3 is 0 Å². The largest absolute Gasteiger partial charge is 0.363 e. The Bertz CT molecular complexity index is 713. The summed E-state index contributed by atoms with van der Waals surface area (Å²) in [5.41, 5.74) is 0.332. The van der Waals surface area contributed by atoms with Crippen LogP contribution < -0.4 is 10.0 Å². The topological polar surface area (TPSA) is 107 Å². The van der Waals surface area contributed by atoms with Crippen LogP contribution >= 0.6 is 0 Å². The number of nitro benzene ring substituents is 1. The average molecular weight is 339 g/mol. The lowest BCUT2D eigenvalue weighted by Gasteiger charge is -2.31. The summed E-state index contributed by atoms with van der Waals surface area (Å²) < 4.78 is 22.9. The van der Waals surface area contributed by atoms with Crippen LogP contribution in [0.5, 0.6) is 0 Å². The Morgan fingerprint density at radius 3 is 2.48 bits per heavy atom. The Labute approximate surface area is 135 Å². The van der Waals surface area contributed by atoms with E-state index in [1.165, 1.54) is 37.8 Å². The molecule has 1 saturated heterocycles. The molecule has 1 heterocycles. The van der Waals surface area contributed by atoms with Crippen LogP contribution in [0.4, 0.5) is 11.4 Å². The van der Waals surface area contributed by atoms with E-state index in [1.54, 1.807) is 0 Å². The molecule has 0 amide bonds. The maximum Gasteiger partial charge on any atom is 0.293 e. The quantitative estimate of drug-likeness (QED) is 0.669.